The van der Waals surface area contributed by atoms with Gasteiger partial charge in [-0.1, -0.05) is 35.9 Å². The van der Waals surface area contributed by atoms with Crippen LogP contribution < -0.4 is 5.32 Å². The third-order valence-electron chi connectivity index (χ3n) is 4.66. The van der Waals surface area contributed by atoms with Gasteiger partial charge in [-0.05, 0) is 36.8 Å². The summed E-state index contributed by atoms with van der Waals surface area (Å²) in [6, 6.07) is 18.2. The summed E-state index contributed by atoms with van der Waals surface area (Å²) in [5.41, 5.74) is 4.39. The molecule has 0 spiro atoms. The maximum absolute atomic E-state index is 12.4. The number of benzene rings is 1. The molecule has 0 aliphatic heterocycles. The molecule has 0 radical (unpaired) electrons. The highest BCUT2D eigenvalue weighted by atomic mass is 32.2. The molecule has 0 aliphatic carbocycles. The van der Waals surface area contributed by atoms with Crippen molar-refractivity contribution in [2.75, 3.05) is 0 Å². The molecule has 1 N–H and O–H groups in total. The molecule has 0 saturated carbocycles. The standard InChI is InChI=1S/C23H22N4OS/c1-17-5-7-18(8-6-17)16-29-23-20-10-13-27(21(20)9-12-25-23)15-22(28)26-14-19-4-2-3-11-24-19/h2-13H,14-16H2,1H3,(H,26,28). The van der Waals surface area contributed by atoms with Gasteiger partial charge >= 0.3 is 0 Å². The third-order valence-corrected chi connectivity index (χ3v) is 5.74. The second kappa shape index (κ2) is 8.92. The van der Waals surface area contributed by atoms with Gasteiger partial charge in [0.1, 0.15) is 11.6 Å². The number of carbonyl (C=O) groups excluding carboxylic acids is 1. The number of pyridine rings is 2. The van der Waals surface area contributed by atoms with E-state index >= 15 is 0 Å². The molecule has 3 heterocycles. The van der Waals surface area contributed by atoms with E-state index in [0.29, 0.717) is 6.54 Å². The number of amides is 1. The third kappa shape index (κ3) is 4.84. The molecule has 0 aliphatic rings. The first-order valence-electron chi connectivity index (χ1n) is 9.48. The van der Waals surface area contributed by atoms with E-state index in [1.807, 2.05) is 47.3 Å². The maximum atomic E-state index is 12.4. The average molecular weight is 403 g/mol. The Labute approximate surface area is 174 Å². The van der Waals surface area contributed by atoms with Gasteiger partial charge in [0, 0.05) is 29.7 Å². The molecule has 6 heteroatoms. The molecule has 4 rings (SSSR count). The number of nitrogens with one attached hydrogen (secondary N) is 1. The summed E-state index contributed by atoms with van der Waals surface area (Å²) >= 11 is 1.72. The van der Waals surface area contributed by atoms with Gasteiger partial charge < -0.3 is 9.88 Å². The molecule has 0 bridgehead atoms. The Kier molecular flexibility index (Phi) is 5.91. The van der Waals surface area contributed by atoms with Crippen LogP contribution in [0.5, 0.6) is 0 Å². The summed E-state index contributed by atoms with van der Waals surface area (Å²) in [6.07, 6.45) is 5.48. The predicted octanol–water partition coefficient (Wildman–Crippen LogP) is 4.35. The molecule has 1 aromatic carbocycles. The fourth-order valence-corrected chi connectivity index (χ4v) is 4.05. The summed E-state index contributed by atoms with van der Waals surface area (Å²) in [6.45, 7) is 2.79. The van der Waals surface area contributed by atoms with Crippen LogP contribution in [0.4, 0.5) is 0 Å². The Morgan fingerprint density at radius 3 is 2.69 bits per heavy atom. The lowest BCUT2D eigenvalue weighted by Crippen LogP contribution is -2.27. The first-order valence-corrected chi connectivity index (χ1v) is 10.5. The zero-order chi connectivity index (χ0) is 20.1. The predicted molar refractivity (Wildman–Crippen MR) is 117 cm³/mol. The molecular formula is C23H22N4OS. The van der Waals surface area contributed by atoms with Crippen LogP contribution in [-0.2, 0) is 23.6 Å². The van der Waals surface area contributed by atoms with Crippen LogP contribution in [0.3, 0.4) is 0 Å². The Hall–Kier alpha value is -3.12. The lowest BCUT2D eigenvalue weighted by atomic mass is 10.2. The fraction of sp³-hybridized carbons (Fsp3) is 0.174. The van der Waals surface area contributed by atoms with Crippen molar-refractivity contribution in [1.82, 2.24) is 19.9 Å². The van der Waals surface area contributed by atoms with Gasteiger partial charge in [-0.3, -0.25) is 9.78 Å². The van der Waals surface area contributed by atoms with Crippen molar-refractivity contribution in [1.29, 1.82) is 0 Å². The van der Waals surface area contributed by atoms with Crippen molar-refractivity contribution in [2.45, 2.75) is 30.8 Å². The van der Waals surface area contributed by atoms with E-state index in [0.717, 1.165) is 27.4 Å². The lowest BCUT2D eigenvalue weighted by Gasteiger charge is -2.08. The summed E-state index contributed by atoms with van der Waals surface area (Å²) in [4.78, 5) is 21.1. The largest absolute Gasteiger partial charge is 0.349 e. The minimum absolute atomic E-state index is 0.0428. The fourth-order valence-electron chi connectivity index (χ4n) is 3.09. The van der Waals surface area contributed by atoms with Gasteiger partial charge in [0.25, 0.3) is 0 Å². The average Bonchev–Trinajstić information content (AvgIpc) is 3.16. The Morgan fingerprint density at radius 1 is 1.03 bits per heavy atom. The van der Waals surface area contributed by atoms with Crippen LogP contribution in [0.15, 0.2) is 78.2 Å². The highest BCUT2D eigenvalue weighted by Crippen LogP contribution is 2.29. The molecule has 0 atom stereocenters. The number of carbonyl (C=O) groups is 1. The van der Waals surface area contributed by atoms with Gasteiger partial charge in [-0.25, -0.2) is 4.98 Å². The van der Waals surface area contributed by atoms with E-state index in [4.69, 9.17) is 0 Å². The molecular weight excluding hydrogens is 380 g/mol. The number of rotatable bonds is 7. The number of hydrogen-bond acceptors (Lipinski definition) is 4. The Morgan fingerprint density at radius 2 is 1.90 bits per heavy atom. The van der Waals surface area contributed by atoms with E-state index in [9.17, 15) is 4.79 Å². The van der Waals surface area contributed by atoms with Crippen molar-refractivity contribution in [3.63, 3.8) is 0 Å². The van der Waals surface area contributed by atoms with E-state index < -0.39 is 0 Å². The number of aryl methyl sites for hydroxylation is 1. The molecule has 29 heavy (non-hydrogen) atoms. The van der Waals surface area contributed by atoms with Crippen LogP contribution >= 0.6 is 11.8 Å². The zero-order valence-electron chi connectivity index (χ0n) is 16.2. The highest BCUT2D eigenvalue weighted by molar-refractivity contribution is 7.98. The summed E-state index contributed by atoms with van der Waals surface area (Å²) in [5, 5.41) is 4.98. The topological polar surface area (TPSA) is 59.8 Å². The second-order valence-electron chi connectivity index (χ2n) is 6.86. The minimum atomic E-state index is -0.0428. The molecule has 5 nitrogen and oxygen atoms in total. The van der Waals surface area contributed by atoms with Crippen molar-refractivity contribution < 1.29 is 4.79 Å². The summed E-state index contributed by atoms with van der Waals surface area (Å²) in [7, 11) is 0. The van der Waals surface area contributed by atoms with E-state index in [1.54, 1.807) is 18.0 Å². The van der Waals surface area contributed by atoms with Gasteiger partial charge in [0.15, 0.2) is 0 Å². The Bertz CT molecular complexity index is 1110. The van der Waals surface area contributed by atoms with E-state index in [-0.39, 0.29) is 12.5 Å². The Balaban J connectivity index is 1.42. The number of hydrogen-bond donors (Lipinski definition) is 1. The normalized spacial score (nSPS) is 10.9. The molecule has 0 saturated heterocycles. The monoisotopic (exact) mass is 402 g/mol. The van der Waals surface area contributed by atoms with E-state index in [2.05, 4.69) is 46.5 Å². The van der Waals surface area contributed by atoms with Gasteiger partial charge in [-0.15, -0.1) is 11.8 Å². The number of nitrogens with zero attached hydrogens (tertiary/aromatic N) is 3. The lowest BCUT2D eigenvalue weighted by molar-refractivity contribution is -0.121. The minimum Gasteiger partial charge on any atom is -0.349 e. The number of thioether (sulfide) groups is 1. The smallest absolute Gasteiger partial charge is 0.240 e. The molecule has 3 aromatic heterocycles. The van der Waals surface area contributed by atoms with E-state index in [1.165, 1.54) is 11.1 Å². The SMILES string of the molecule is Cc1ccc(CSc2nccc3c2ccn3CC(=O)NCc2ccccn2)cc1. The van der Waals surface area contributed by atoms with Crippen LogP contribution in [0.25, 0.3) is 10.9 Å². The summed E-state index contributed by atoms with van der Waals surface area (Å²) in [5.74, 6) is 0.820. The number of aromatic nitrogens is 3. The first-order chi connectivity index (χ1) is 14.2. The molecule has 146 valence electrons. The van der Waals surface area contributed by atoms with Crippen molar-refractivity contribution >= 4 is 28.6 Å². The van der Waals surface area contributed by atoms with Gasteiger partial charge in [-0.2, -0.15) is 0 Å². The van der Waals surface area contributed by atoms with Crippen LogP contribution in [0, 0.1) is 6.92 Å². The zero-order valence-corrected chi connectivity index (χ0v) is 17.0. The van der Waals surface area contributed by atoms with Crippen molar-refractivity contribution in [2.24, 2.45) is 0 Å². The number of fused-ring (bicyclic) bond motifs is 1. The maximum Gasteiger partial charge on any atom is 0.240 e. The molecule has 0 unspecified atom stereocenters. The van der Waals surface area contributed by atoms with Crippen LogP contribution in [0.1, 0.15) is 16.8 Å². The summed E-state index contributed by atoms with van der Waals surface area (Å²) < 4.78 is 1.96. The molecule has 1 amide bonds. The van der Waals surface area contributed by atoms with Gasteiger partial charge in [0.2, 0.25) is 5.91 Å². The molecule has 0 fully saturated rings. The van der Waals surface area contributed by atoms with Gasteiger partial charge in [0.05, 0.1) is 17.8 Å². The second-order valence-corrected chi connectivity index (χ2v) is 7.83. The highest BCUT2D eigenvalue weighted by Gasteiger charge is 2.10. The first kappa shape index (κ1) is 19.2. The van der Waals surface area contributed by atoms with Crippen molar-refractivity contribution in [3.05, 3.63) is 90.0 Å². The van der Waals surface area contributed by atoms with Crippen LogP contribution in [-0.4, -0.2) is 20.4 Å². The molecule has 4 aromatic rings. The van der Waals surface area contributed by atoms with Crippen molar-refractivity contribution in [3.8, 4) is 0 Å². The quantitative estimate of drug-likeness (QED) is 0.467. The van der Waals surface area contributed by atoms with Crippen LogP contribution in [0.2, 0.25) is 0 Å².